The molecule has 0 aliphatic carbocycles. The fraction of sp³-hybridized carbons (Fsp3) is 0.269. The monoisotopic (exact) mass is 479 g/mol. The van der Waals surface area contributed by atoms with Crippen molar-refractivity contribution in [1.82, 2.24) is 9.97 Å². The molecule has 0 unspecified atom stereocenters. The number of nitrogens with zero attached hydrogens (tertiary/aromatic N) is 2. The molecule has 2 N–H and O–H groups in total. The van der Waals surface area contributed by atoms with Crippen LogP contribution in [0.4, 0.5) is 10.2 Å². The average molecular weight is 480 g/mol. The largest absolute Gasteiger partial charge is 0.493 e. The maximum atomic E-state index is 14.0. The number of ether oxygens (including phenoxy) is 1. The summed E-state index contributed by atoms with van der Waals surface area (Å²) in [5.74, 6) is -0.270. The average Bonchev–Trinajstić information content (AvgIpc) is 3.13. The van der Waals surface area contributed by atoms with Gasteiger partial charge in [-0.3, -0.25) is 0 Å². The van der Waals surface area contributed by atoms with Crippen LogP contribution in [0.15, 0.2) is 42.7 Å². The Balaban J connectivity index is 1.51. The minimum atomic E-state index is -1.03. The number of anilines is 1. The van der Waals surface area contributed by atoms with E-state index >= 15 is 0 Å². The Labute approximate surface area is 201 Å². The van der Waals surface area contributed by atoms with E-state index in [0.29, 0.717) is 30.4 Å². The smallest absolute Gasteiger partial charge is 0.339 e. The maximum absolute atomic E-state index is 14.0. The third-order valence-electron chi connectivity index (χ3n) is 5.56. The lowest BCUT2D eigenvalue weighted by Crippen LogP contribution is -2.07. The van der Waals surface area contributed by atoms with Crippen LogP contribution >= 0.6 is 11.3 Å². The molecule has 0 spiro atoms. The number of halogens is 1. The van der Waals surface area contributed by atoms with E-state index in [0.717, 1.165) is 39.6 Å². The molecule has 0 aliphatic heterocycles. The van der Waals surface area contributed by atoms with Crippen LogP contribution in [0.2, 0.25) is 0 Å². The highest BCUT2D eigenvalue weighted by Gasteiger charge is 2.15. The van der Waals surface area contributed by atoms with Gasteiger partial charge in [0.1, 0.15) is 29.3 Å². The number of nitrogens with one attached hydrogen (secondary N) is 1. The van der Waals surface area contributed by atoms with Crippen LogP contribution in [0.5, 0.6) is 5.75 Å². The molecule has 2 heterocycles. The molecule has 34 heavy (non-hydrogen) atoms. The molecule has 0 saturated carbocycles. The lowest BCUT2D eigenvalue weighted by atomic mass is 10.1. The van der Waals surface area contributed by atoms with Gasteiger partial charge in [-0.05, 0) is 67.5 Å². The van der Waals surface area contributed by atoms with E-state index in [9.17, 15) is 14.3 Å². The van der Waals surface area contributed by atoms with Gasteiger partial charge >= 0.3 is 5.97 Å². The summed E-state index contributed by atoms with van der Waals surface area (Å²) in [7, 11) is 0. The molecular weight excluding hydrogens is 453 g/mol. The van der Waals surface area contributed by atoms with Crippen LogP contribution in [0.25, 0.3) is 21.3 Å². The van der Waals surface area contributed by atoms with Crippen molar-refractivity contribution in [3.63, 3.8) is 0 Å². The molecule has 0 bridgehead atoms. The number of thiophene rings is 1. The third-order valence-corrected chi connectivity index (χ3v) is 6.86. The molecule has 0 fully saturated rings. The summed E-state index contributed by atoms with van der Waals surface area (Å²) in [6.45, 7) is 7.03. The zero-order valence-corrected chi connectivity index (χ0v) is 20.1. The number of rotatable bonds is 9. The molecule has 4 aromatic rings. The first-order valence-electron chi connectivity index (χ1n) is 11.1. The van der Waals surface area contributed by atoms with E-state index in [1.807, 2.05) is 19.9 Å². The molecule has 0 saturated heterocycles. The number of hydrogen-bond acceptors (Lipinski definition) is 6. The Morgan fingerprint density at radius 1 is 1.18 bits per heavy atom. The van der Waals surface area contributed by atoms with E-state index in [-0.39, 0.29) is 11.4 Å². The number of carboxylic acid groups (broad SMARTS) is 1. The summed E-state index contributed by atoms with van der Waals surface area (Å²) in [6, 6.07) is 9.95. The van der Waals surface area contributed by atoms with E-state index in [1.165, 1.54) is 17.3 Å². The van der Waals surface area contributed by atoms with Gasteiger partial charge in [-0.1, -0.05) is 13.0 Å². The summed E-state index contributed by atoms with van der Waals surface area (Å²) in [5, 5.41) is 13.7. The van der Waals surface area contributed by atoms with Gasteiger partial charge in [-0.25, -0.2) is 19.2 Å². The van der Waals surface area contributed by atoms with Gasteiger partial charge in [-0.2, -0.15) is 0 Å². The maximum Gasteiger partial charge on any atom is 0.339 e. The summed E-state index contributed by atoms with van der Waals surface area (Å²) in [5.41, 5.74) is 3.62. The van der Waals surface area contributed by atoms with Crippen molar-refractivity contribution >= 4 is 33.2 Å². The Morgan fingerprint density at radius 2 is 2.00 bits per heavy atom. The van der Waals surface area contributed by atoms with Gasteiger partial charge in [0.25, 0.3) is 0 Å². The van der Waals surface area contributed by atoms with Crippen LogP contribution in [0, 0.1) is 19.7 Å². The number of aryl methyl sites for hydroxylation is 2. The number of aromatic carboxylic acids is 1. The molecule has 176 valence electrons. The zero-order chi connectivity index (χ0) is 24.2. The first-order chi connectivity index (χ1) is 16.4. The lowest BCUT2D eigenvalue weighted by molar-refractivity contribution is 0.0692. The van der Waals surface area contributed by atoms with Gasteiger partial charge in [0.05, 0.1) is 12.3 Å². The number of carbonyl (C=O) groups is 1. The number of fused-ring (bicyclic) bond motifs is 1. The Kier molecular flexibility index (Phi) is 7.07. The van der Waals surface area contributed by atoms with E-state index < -0.39 is 5.97 Å². The molecule has 4 rings (SSSR count). The van der Waals surface area contributed by atoms with Gasteiger partial charge in [0.2, 0.25) is 0 Å². The van der Waals surface area contributed by atoms with Crippen molar-refractivity contribution in [2.24, 2.45) is 0 Å². The van der Waals surface area contributed by atoms with Crippen molar-refractivity contribution in [3.8, 4) is 17.0 Å². The Hall–Kier alpha value is -3.52. The second kappa shape index (κ2) is 10.2. The van der Waals surface area contributed by atoms with E-state index in [1.54, 1.807) is 35.6 Å². The molecule has 2 aromatic carbocycles. The van der Waals surface area contributed by atoms with Gasteiger partial charge < -0.3 is 15.2 Å². The van der Waals surface area contributed by atoms with E-state index in [2.05, 4.69) is 22.2 Å². The van der Waals surface area contributed by atoms with Gasteiger partial charge in [-0.15, -0.1) is 11.3 Å². The second-order valence-electron chi connectivity index (χ2n) is 8.07. The first-order valence-corrected chi connectivity index (χ1v) is 11.9. The van der Waals surface area contributed by atoms with Crippen LogP contribution in [0.3, 0.4) is 0 Å². The third kappa shape index (κ3) is 5.02. The second-order valence-corrected chi connectivity index (χ2v) is 9.29. The van der Waals surface area contributed by atoms with Gasteiger partial charge in [0, 0.05) is 27.8 Å². The molecule has 0 amide bonds. The highest BCUT2D eigenvalue weighted by Crippen LogP contribution is 2.34. The normalized spacial score (nSPS) is 11.1. The predicted octanol–water partition coefficient (Wildman–Crippen LogP) is 6.26. The number of carboxylic acids is 1. The number of benzene rings is 2. The minimum Gasteiger partial charge on any atom is -0.493 e. The molecule has 8 heteroatoms. The van der Waals surface area contributed by atoms with E-state index in [4.69, 9.17) is 4.74 Å². The molecule has 0 atom stereocenters. The quantitative estimate of drug-likeness (QED) is 0.295. The van der Waals surface area contributed by atoms with Gasteiger partial charge in [0.15, 0.2) is 0 Å². The van der Waals surface area contributed by atoms with Crippen LogP contribution in [-0.4, -0.2) is 34.2 Å². The highest BCUT2D eigenvalue weighted by molar-refractivity contribution is 7.19. The number of aromatic nitrogens is 2. The topological polar surface area (TPSA) is 84.3 Å². The summed E-state index contributed by atoms with van der Waals surface area (Å²) < 4.78 is 20.7. The fourth-order valence-corrected chi connectivity index (χ4v) is 5.08. The fourth-order valence-electron chi connectivity index (χ4n) is 3.92. The molecule has 0 aliphatic rings. The van der Waals surface area contributed by atoms with Crippen LogP contribution < -0.4 is 10.1 Å². The van der Waals surface area contributed by atoms with Crippen molar-refractivity contribution < 1.29 is 19.0 Å². The van der Waals surface area contributed by atoms with Crippen molar-refractivity contribution in [1.29, 1.82) is 0 Å². The standard InChI is InChI=1S/C26H26FN3O3S/c1-4-9-33-23-11-17(5-6-20(23)26(31)32)22-13-24(30-14-29-22)28-8-7-19-16(3)34-25-15(2)10-18(27)12-21(19)25/h5-6,10-14H,4,7-9H2,1-3H3,(H,31,32)(H,28,29,30). The zero-order valence-electron chi connectivity index (χ0n) is 19.3. The molecule has 0 radical (unpaired) electrons. The van der Waals surface area contributed by atoms with Crippen molar-refractivity contribution in [2.75, 3.05) is 18.5 Å². The van der Waals surface area contributed by atoms with Crippen LogP contribution in [-0.2, 0) is 6.42 Å². The lowest BCUT2D eigenvalue weighted by Gasteiger charge is -2.11. The summed E-state index contributed by atoms with van der Waals surface area (Å²) in [4.78, 5) is 21.4. The molecule has 2 aromatic heterocycles. The highest BCUT2D eigenvalue weighted by atomic mass is 32.1. The SMILES string of the molecule is CCCOc1cc(-c2cc(NCCc3c(C)sc4c(C)cc(F)cc34)ncn2)ccc1C(=O)O. The Bertz CT molecular complexity index is 1350. The molecular formula is C26H26FN3O3S. The molecule has 6 nitrogen and oxygen atoms in total. The van der Waals surface area contributed by atoms with Crippen LogP contribution in [0.1, 0.15) is 39.7 Å². The Morgan fingerprint density at radius 3 is 2.76 bits per heavy atom. The summed E-state index contributed by atoms with van der Waals surface area (Å²) in [6.07, 6.45) is 2.98. The van der Waals surface area contributed by atoms with Crippen molar-refractivity contribution in [3.05, 3.63) is 70.1 Å². The predicted molar refractivity (Wildman–Crippen MR) is 134 cm³/mol. The first kappa shape index (κ1) is 23.6. The summed E-state index contributed by atoms with van der Waals surface area (Å²) >= 11 is 1.70. The van der Waals surface area contributed by atoms with Crippen molar-refractivity contribution in [2.45, 2.75) is 33.6 Å². The number of hydrogen-bond donors (Lipinski definition) is 2. The minimum absolute atomic E-state index is 0.120.